The molecule has 1 heterocycles. The highest BCUT2D eigenvalue weighted by atomic mass is 32.1. The van der Waals surface area contributed by atoms with Gasteiger partial charge >= 0.3 is 0 Å². The van der Waals surface area contributed by atoms with Gasteiger partial charge in [-0.25, -0.2) is 0 Å². The lowest BCUT2D eigenvalue weighted by Crippen LogP contribution is -2.38. The maximum absolute atomic E-state index is 5.12. The van der Waals surface area contributed by atoms with E-state index in [0.29, 0.717) is 5.41 Å². The van der Waals surface area contributed by atoms with Gasteiger partial charge in [0.05, 0.1) is 12.5 Å². The smallest absolute Gasteiger partial charge is 0.0947 e. The fourth-order valence-corrected chi connectivity index (χ4v) is 3.41. The Labute approximate surface area is 110 Å². The van der Waals surface area contributed by atoms with Crippen LogP contribution in [-0.2, 0) is 6.54 Å². The summed E-state index contributed by atoms with van der Waals surface area (Å²) >= 11 is 4.59. The van der Waals surface area contributed by atoms with Crippen LogP contribution in [0.15, 0.2) is 23.0 Å². The lowest BCUT2D eigenvalue weighted by molar-refractivity contribution is 0.140. The highest BCUT2D eigenvalue weighted by molar-refractivity contribution is 7.80. The minimum atomic E-state index is 0.444. The molecule has 0 aromatic carbocycles. The van der Waals surface area contributed by atoms with Crippen molar-refractivity contribution in [1.29, 1.82) is 0 Å². The summed E-state index contributed by atoms with van der Waals surface area (Å²) in [5.41, 5.74) is 1.71. The first kappa shape index (κ1) is 13.0. The van der Waals surface area contributed by atoms with Gasteiger partial charge in [-0.2, -0.15) is 12.6 Å². The van der Waals surface area contributed by atoms with Crippen LogP contribution in [0.25, 0.3) is 0 Å². The molecule has 0 unspecified atom stereocenters. The summed E-state index contributed by atoms with van der Waals surface area (Å²) in [6.45, 7) is 2.13. The topological polar surface area (TPSA) is 16.4 Å². The molecule has 1 fully saturated rings. The third-order valence-electron chi connectivity index (χ3n) is 3.89. The van der Waals surface area contributed by atoms with E-state index in [1.54, 1.807) is 6.26 Å². The molecule has 0 bridgehead atoms. The van der Waals surface area contributed by atoms with Crippen molar-refractivity contribution >= 4 is 12.6 Å². The van der Waals surface area contributed by atoms with Crippen LogP contribution < -0.4 is 0 Å². The van der Waals surface area contributed by atoms with Gasteiger partial charge in [-0.3, -0.25) is 0 Å². The molecule has 1 aromatic heterocycles. The number of thiol groups is 1. The van der Waals surface area contributed by atoms with Crippen molar-refractivity contribution in [1.82, 2.24) is 4.90 Å². The molecule has 2 rings (SSSR count). The number of rotatable bonds is 5. The minimum Gasteiger partial charge on any atom is -0.472 e. The predicted octanol–water partition coefficient (Wildman–Crippen LogP) is 3.59. The maximum atomic E-state index is 5.12. The Hall–Kier alpha value is -0.410. The molecule has 0 atom stereocenters. The van der Waals surface area contributed by atoms with Crippen LogP contribution in [0.2, 0.25) is 0 Å². The third kappa shape index (κ3) is 3.52. The summed E-state index contributed by atoms with van der Waals surface area (Å²) in [5.74, 6) is 1.02. The molecule has 0 N–H and O–H groups in total. The van der Waals surface area contributed by atoms with Gasteiger partial charge in [0, 0.05) is 18.7 Å². The van der Waals surface area contributed by atoms with Crippen molar-refractivity contribution in [2.45, 2.75) is 38.6 Å². The Morgan fingerprint density at radius 3 is 2.71 bits per heavy atom. The van der Waals surface area contributed by atoms with Gasteiger partial charge in [0.25, 0.3) is 0 Å². The Morgan fingerprint density at radius 2 is 2.12 bits per heavy atom. The van der Waals surface area contributed by atoms with E-state index in [4.69, 9.17) is 4.42 Å². The quantitative estimate of drug-likeness (QED) is 0.807. The summed E-state index contributed by atoms with van der Waals surface area (Å²) in [5, 5.41) is 0. The van der Waals surface area contributed by atoms with E-state index in [2.05, 4.69) is 24.6 Å². The van der Waals surface area contributed by atoms with E-state index in [1.165, 1.54) is 37.7 Å². The first-order valence-corrected chi connectivity index (χ1v) is 7.18. The predicted molar refractivity (Wildman–Crippen MR) is 74.4 cm³/mol. The zero-order chi connectivity index (χ0) is 12.1. The molecule has 0 aliphatic heterocycles. The normalized spacial score (nSPS) is 19.7. The van der Waals surface area contributed by atoms with Gasteiger partial charge in [0.1, 0.15) is 0 Å². The van der Waals surface area contributed by atoms with Crippen LogP contribution in [0.3, 0.4) is 0 Å². The molecule has 0 amide bonds. The van der Waals surface area contributed by atoms with Gasteiger partial charge in [-0.15, -0.1) is 0 Å². The molecule has 96 valence electrons. The second-order valence-electron chi connectivity index (χ2n) is 5.52. The number of nitrogens with zero attached hydrogens (tertiary/aromatic N) is 1. The Morgan fingerprint density at radius 1 is 1.35 bits per heavy atom. The fourth-order valence-electron chi connectivity index (χ4n) is 2.99. The van der Waals surface area contributed by atoms with E-state index in [1.807, 2.05) is 12.3 Å². The van der Waals surface area contributed by atoms with Gasteiger partial charge in [-0.1, -0.05) is 19.3 Å². The first-order valence-electron chi connectivity index (χ1n) is 6.55. The minimum absolute atomic E-state index is 0.444. The molecule has 1 aromatic rings. The van der Waals surface area contributed by atoms with E-state index in [0.717, 1.165) is 18.8 Å². The first-order chi connectivity index (χ1) is 8.24. The van der Waals surface area contributed by atoms with Crippen LogP contribution in [0.4, 0.5) is 0 Å². The van der Waals surface area contributed by atoms with Crippen molar-refractivity contribution < 1.29 is 4.42 Å². The summed E-state index contributed by atoms with van der Waals surface area (Å²) < 4.78 is 5.12. The van der Waals surface area contributed by atoms with E-state index >= 15 is 0 Å². The lowest BCUT2D eigenvalue weighted by Gasteiger charge is -2.39. The van der Waals surface area contributed by atoms with E-state index < -0.39 is 0 Å². The highest BCUT2D eigenvalue weighted by Gasteiger charge is 2.31. The molecular formula is C14H23NOS. The average Bonchev–Trinajstić information content (AvgIpc) is 2.83. The van der Waals surface area contributed by atoms with Crippen LogP contribution in [0.1, 0.15) is 37.7 Å². The van der Waals surface area contributed by atoms with Crippen LogP contribution >= 0.6 is 12.6 Å². The second-order valence-corrected chi connectivity index (χ2v) is 5.84. The molecule has 1 aliphatic carbocycles. The lowest BCUT2D eigenvalue weighted by atomic mass is 9.75. The largest absolute Gasteiger partial charge is 0.472 e. The van der Waals surface area contributed by atoms with Crippen molar-refractivity contribution in [2.24, 2.45) is 5.41 Å². The average molecular weight is 253 g/mol. The van der Waals surface area contributed by atoms with Crippen LogP contribution in [0.5, 0.6) is 0 Å². The third-order valence-corrected chi connectivity index (χ3v) is 4.56. The van der Waals surface area contributed by atoms with Gasteiger partial charge < -0.3 is 9.32 Å². The molecule has 1 aliphatic rings. The van der Waals surface area contributed by atoms with Crippen molar-refractivity contribution in [3.63, 3.8) is 0 Å². The fraction of sp³-hybridized carbons (Fsp3) is 0.714. The Balaban J connectivity index is 1.89. The SMILES string of the molecule is CN(Cc1ccoc1)CC1(CS)CCCCC1. The van der Waals surface area contributed by atoms with Crippen LogP contribution in [-0.4, -0.2) is 24.2 Å². The molecule has 17 heavy (non-hydrogen) atoms. The molecule has 0 spiro atoms. The molecule has 2 nitrogen and oxygen atoms in total. The molecule has 0 radical (unpaired) electrons. The standard InChI is InChI=1S/C14H23NOS/c1-15(9-13-5-8-16-10-13)11-14(12-17)6-3-2-4-7-14/h5,8,10,17H,2-4,6-7,9,11-12H2,1H3. The molecular weight excluding hydrogens is 230 g/mol. The van der Waals surface area contributed by atoms with Crippen molar-refractivity contribution in [2.75, 3.05) is 19.3 Å². The number of hydrogen-bond acceptors (Lipinski definition) is 3. The van der Waals surface area contributed by atoms with E-state index in [9.17, 15) is 0 Å². The Kier molecular flexibility index (Phi) is 4.57. The highest BCUT2D eigenvalue weighted by Crippen LogP contribution is 2.37. The van der Waals surface area contributed by atoms with Gasteiger partial charge in [0.2, 0.25) is 0 Å². The number of furan rings is 1. The van der Waals surface area contributed by atoms with E-state index in [-0.39, 0.29) is 0 Å². The van der Waals surface area contributed by atoms with Gasteiger partial charge in [0.15, 0.2) is 0 Å². The molecule has 1 saturated carbocycles. The van der Waals surface area contributed by atoms with Gasteiger partial charge in [-0.05, 0) is 37.1 Å². The summed E-state index contributed by atoms with van der Waals surface area (Å²) in [6, 6.07) is 2.05. The monoisotopic (exact) mass is 253 g/mol. The zero-order valence-corrected chi connectivity index (χ0v) is 11.6. The molecule has 3 heteroatoms. The second kappa shape index (κ2) is 5.96. The number of hydrogen-bond donors (Lipinski definition) is 1. The van der Waals surface area contributed by atoms with Crippen LogP contribution in [0, 0.1) is 5.41 Å². The molecule has 0 saturated heterocycles. The van der Waals surface area contributed by atoms with Crippen molar-refractivity contribution in [3.8, 4) is 0 Å². The summed E-state index contributed by atoms with van der Waals surface area (Å²) in [6.07, 6.45) is 10.4. The zero-order valence-electron chi connectivity index (χ0n) is 10.7. The maximum Gasteiger partial charge on any atom is 0.0947 e. The van der Waals surface area contributed by atoms with Crippen molar-refractivity contribution in [3.05, 3.63) is 24.2 Å². The summed E-state index contributed by atoms with van der Waals surface area (Å²) in [7, 11) is 2.20. The Bertz CT molecular complexity index is 317. The summed E-state index contributed by atoms with van der Waals surface area (Å²) in [4.78, 5) is 2.41.